The first-order valence-electron chi connectivity index (χ1n) is 8.87. The molecule has 0 spiro atoms. The van der Waals surface area contributed by atoms with E-state index >= 15 is 0 Å². The number of nitrogens with two attached hydrogens (primary N) is 1. The van der Waals surface area contributed by atoms with Crippen molar-refractivity contribution >= 4 is 21.4 Å². The van der Waals surface area contributed by atoms with Crippen LogP contribution in [0.1, 0.15) is 31.2 Å². The molecule has 1 aliphatic carbocycles. The molecular formula is C20H24N2O3S. The Morgan fingerprint density at radius 3 is 2.42 bits per heavy atom. The van der Waals surface area contributed by atoms with Gasteiger partial charge in [-0.2, -0.15) is 0 Å². The van der Waals surface area contributed by atoms with E-state index in [2.05, 4.69) is 5.32 Å². The molecule has 3 rings (SSSR count). The summed E-state index contributed by atoms with van der Waals surface area (Å²) in [6.45, 7) is 0. The Hall–Kier alpha value is -2.18. The highest BCUT2D eigenvalue weighted by atomic mass is 32.2. The van der Waals surface area contributed by atoms with Gasteiger partial charge in [0.2, 0.25) is 5.91 Å². The number of hydrogen-bond acceptors (Lipinski definition) is 4. The van der Waals surface area contributed by atoms with Gasteiger partial charge in [0, 0.05) is 18.2 Å². The van der Waals surface area contributed by atoms with Crippen molar-refractivity contribution in [3.05, 3.63) is 60.2 Å². The second-order valence-electron chi connectivity index (χ2n) is 6.84. The molecule has 0 unspecified atom stereocenters. The van der Waals surface area contributed by atoms with Crippen LogP contribution in [0, 0.1) is 5.92 Å². The normalized spacial score (nSPS) is 20.0. The molecule has 1 amide bonds. The van der Waals surface area contributed by atoms with Gasteiger partial charge in [0.25, 0.3) is 0 Å². The van der Waals surface area contributed by atoms with Gasteiger partial charge in [-0.25, -0.2) is 8.42 Å². The first-order chi connectivity index (χ1) is 12.5. The first-order valence-corrected chi connectivity index (χ1v) is 10.5. The minimum atomic E-state index is -3.47. The topological polar surface area (TPSA) is 89.3 Å². The molecule has 6 heteroatoms. The Balaban J connectivity index is 1.73. The molecular weight excluding hydrogens is 348 g/mol. The van der Waals surface area contributed by atoms with Crippen molar-refractivity contribution in [2.24, 2.45) is 11.7 Å². The molecule has 0 radical (unpaired) electrons. The average molecular weight is 372 g/mol. The van der Waals surface area contributed by atoms with Crippen molar-refractivity contribution in [1.82, 2.24) is 0 Å². The highest BCUT2D eigenvalue weighted by Gasteiger charge is 2.26. The quantitative estimate of drug-likeness (QED) is 0.815. The lowest BCUT2D eigenvalue weighted by Gasteiger charge is -2.16. The van der Waals surface area contributed by atoms with E-state index in [4.69, 9.17) is 5.73 Å². The fourth-order valence-electron chi connectivity index (χ4n) is 3.44. The Labute approximate surface area is 154 Å². The fraction of sp³-hybridized carbons (Fsp3) is 0.350. The van der Waals surface area contributed by atoms with Gasteiger partial charge in [0.15, 0.2) is 9.84 Å². The van der Waals surface area contributed by atoms with E-state index in [1.165, 1.54) is 0 Å². The van der Waals surface area contributed by atoms with Gasteiger partial charge in [-0.3, -0.25) is 4.79 Å². The third kappa shape index (κ3) is 4.51. The molecule has 2 aromatic rings. The smallest absolute Gasteiger partial charge is 0.224 e. The number of sulfone groups is 1. The van der Waals surface area contributed by atoms with Crippen LogP contribution in [0.2, 0.25) is 0 Å². The summed E-state index contributed by atoms with van der Waals surface area (Å²) in [5.41, 5.74) is 7.17. The van der Waals surface area contributed by atoms with Crippen molar-refractivity contribution in [3.8, 4) is 0 Å². The fourth-order valence-corrected chi connectivity index (χ4v) is 4.84. The van der Waals surface area contributed by atoms with Crippen LogP contribution < -0.4 is 11.1 Å². The Morgan fingerprint density at radius 2 is 1.73 bits per heavy atom. The number of carbonyl (C=O) groups is 1. The highest BCUT2D eigenvalue weighted by Crippen LogP contribution is 2.28. The van der Waals surface area contributed by atoms with Gasteiger partial charge >= 0.3 is 0 Å². The summed E-state index contributed by atoms with van der Waals surface area (Å²) in [7, 11) is -3.47. The zero-order chi connectivity index (χ0) is 18.6. The Bertz CT molecular complexity index is 866. The lowest BCUT2D eigenvalue weighted by Crippen LogP contribution is -2.28. The third-order valence-electron chi connectivity index (χ3n) is 4.90. The predicted molar refractivity (Wildman–Crippen MR) is 102 cm³/mol. The molecule has 1 aliphatic rings. The second kappa shape index (κ2) is 8.01. The van der Waals surface area contributed by atoms with Crippen molar-refractivity contribution in [1.29, 1.82) is 0 Å². The summed E-state index contributed by atoms with van der Waals surface area (Å²) in [4.78, 5) is 12.7. The number of amides is 1. The molecule has 1 saturated carbocycles. The minimum Gasteiger partial charge on any atom is -0.327 e. The van der Waals surface area contributed by atoms with Crippen molar-refractivity contribution < 1.29 is 13.2 Å². The lowest BCUT2D eigenvalue weighted by atomic mass is 10.00. The number of anilines is 1. The summed E-state index contributed by atoms with van der Waals surface area (Å²) < 4.78 is 25.3. The molecule has 0 saturated heterocycles. The van der Waals surface area contributed by atoms with Gasteiger partial charge in [-0.15, -0.1) is 0 Å². The molecule has 2 atom stereocenters. The van der Waals surface area contributed by atoms with Crippen LogP contribution in [-0.2, 0) is 20.4 Å². The number of carbonyl (C=O) groups excluding carboxylic acids is 1. The number of benzene rings is 2. The number of rotatable bonds is 6. The number of nitrogens with one attached hydrogen (secondary N) is 1. The number of para-hydroxylation sites is 1. The molecule has 1 fully saturated rings. The summed E-state index contributed by atoms with van der Waals surface area (Å²) >= 11 is 0. The molecule has 3 N–H and O–H groups in total. The average Bonchev–Trinajstić information content (AvgIpc) is 3.02. The van der Waals surface area contributed by atoms with Gasteiger partial charge in [-0.1, -0.05) is 42.8 Å². The van der Waals surface area contributed by atoms with E-state index in [-0.39, 0.29) is 28.5 Å². The molecule has 2 aromatic carbocycles. The standard InChI is InChI=1S/C20H24N2O3S/c21-18-11-6-8-15(18)13-20(23)22-19-12-5-4-7-16(19)14-26(24,25)17-9-2-1-3-10-17/h1-5,7,9-10,12,15,18H,6,8,11,13-14,21H2,(H,22,23)/t15-,18+/m0/s1. The van der Waals surface area contributed by atoms with Gasteiger partial charge in [-0.05, 0) is 42.5 Å². The van der Waals surface area contributed by atoms with E-state index in [1.807, 2.05) is 0 Å². The molecule has 0 aromatic heterocycles. The van der Waals surface area contributed by atoms with Gasteiger partial charge in [0.05, 0.1) is 10.6 Å². The van der Waals surface area contributed by atoms with E-state index < -0.39 is 9.84 Å². The maximum absolute atomic E-state index is 12.6. The summed E-state index contributed by atoms with van der Waals surface area (Å²) in [5.74, 6) is -0.0664. The van der Waals surface area contributed by atoms with Crippen LogP contribution in [0.15, 0.2) is 59.5 Å². The molecule has 0 heterocycles. The van der Waals surface area contributed by atoms with E-state index in [0.717, 1.165) is 19.3 Å². The predicted octanol–water partition coefficient (Wildman–Crippen LogP) is 3.12. The zero-order valence-corrected chi connectivity index (χ0v) is 15.4. The highest BCUT2D eigenvalue weighted by molar-refractivity contribution is 7.90. The van der Waals surface area contributed by atoms with Crippen LogP contribution in [0.4, 0.5) is 5.69 Å². The van der Waals surface area contributed by atoms with Crippen LogP contribution in [0.3, 0.4) is 0 Å². The van der Waals surface area contributed by atoms with Gasteiger partial charge in [0.1, 0.15) is 0 Å². The first kappa shape index (κ1) is 18.6. The summed E-state index contributed by atoms with van der Waals surface area (Å²) in [6.07, 6.45) is 3.37. The monoisotopic (exact) mass is 372 g/mol. The Kier molecular flexibility index (Phi) is 5.74. The molecule has 5 nitrogen and oxygen atoms in total. The van der Waals surface area contributed by atoms with Crippen LogP contribution in [0.25, 0.3) is 0 Å². The van der Waals surface area contributed by atoms with Crippen LogP contribution in [-0.4, -0.2) is 20.4 Å². The second-order valence-corrected chi connectivity index (χ2v) is 8.83. The maximum atomic E-state index is 12.6. The van der Waals surface area contributed by atoms with Crippen LogP contribution in [0.5, 0.6) is 0 Å². The van der Waals surface area contributed by atoms with Crippen LogP contribution >= 0.6 is 0 Å². The van der Waals surface area contributed by atoms with Crippen molar-refractivity contribution in [3.63, 3.8) is 0 Å². The van der Waals surface area contributed by atoms with Crippen molar-refractivity contribution in [2.75, 3.05) is 5.32 Å². The SMILES string of the molecule is N[C@@H]1CCC[C@H]1CC(=O)Nc1ccccc1CS(=O)(=O)c1ccccc1. The van der Waals surface area contributed by atoms with E-state index in [1.54, 1.807) is 54.6 Å². The summed E-state index contributed by atoms with van der Waals surface area (Å²) in [5, 5.41) is 2.87. The zero-order valence-electron chi connectivity index (χ0n) is 14.6. The van der Waals surface area contributed by atoms with E-state index in [0.29, 0.717) is 17.7 Å². The maximum Gasteiger partial charge on any atom is 0.224 e. The molecule has 26 heavy (non-hydrogen) atoms. The molecule has 138 valence electrons. The third-order valence-corrected chi connectivity index (χ3v) is 6.59. The van der Waals surface area contributed by atoms with Crippen molar-refractivity contribution in [2.45, 2.75) is 42.4 Å². The molecule has 0 bridgehead atoms. The Morgan fingerprint density at radius 1 is 1.04 bits per heavy atom. The largest absolute Gasteiger partial charge is 0.327 e. The molecule has 0 aliphatic heterocycles. The minimum absolute atomic E-state index is 0.0782. The van der Waals surface area contributed by atoms with E-state index in [9.17, 15) is 13.2 Å². The number of hydrogen-bond donors (Lipinski definition) is 2. The summed E-state index contributed by atoms with van der Waals surface area (Å²) in [6, 6.07) is 15.5. The van der Waals surface area contributed by atoms with Gasteiger partial charge < -0.3 is 11.1 Å². The lowest BCUT2D eigenvalue weighted by molar-refractivity contribution is -0.117.